The molecule has 0 spiro atoms. The van der Waals surface area contributed by atoms with Gasteiger partial charge in [0, 0.05) is 0 Å². The normalized spacial score (nSPS) is 19.1. The van der Waals surface area contributed by atoms with E-state index < -0.39 is 39.9 Å². The van der Waals surface area contributed by atoms with Crippen molar-refractivity contribution in [3.63, 3.8) is 0 Å². The van der Waals surface area contributed by atoms with Gasteiger partial charge < -0.3 is 5.11 Å². The van der Waals surface area contributed by atoms with Crippen LogP contribution in [0.1, 0.15) is 13.8 Å². The predicted octanol–water partition coefficient (Wildman–Crippen LogP) is 1.77. The third kappa shape index (κ3) is 2.64. The van der Waals surface area contributed by atoms with Crippen molar-refractivity contribution in [3.05, 3.63) is 29.3 Å². The van der Waals surface area contributed by atoms with Crippen LogP contribution in [0.2, 0.25) is 5.02 Å². The van der Waals surface area contributed by atoms with Crippen LogP contribution in [-0.2, 0) is 14.8 Å². The molecule has 1 heterocycles. The molecular weight excluding hydrogens is 332 g/mol. The molecule has 0 radical (unpaired) electrons. The lowest BCUT2D eigenvalue weighted by molar-refractivity contribution is -0.138. The van der Waals surface area contributed by atoms with Crippen molar-refractivity contribution in [1.29, 1.82) is 0 Å². The summed E-state index contributed by atoms with van der Waals surface area (Å²) in [6.07, 6.45) is 0. The molecule has 0 bridgehead atoms. The first kappa shape index (κ1) is 16.6. The first-order valence-electron chi connectivity index (χ1n) is 6.50. The second-order valence-corrected chi connectivity index (χ2v) is 7.90. The number of hydrogen-bond acceptors (Lipinski definition) is 4. The van der Waals surface area contributed by atoms with Gasteiger partial charge in [0.05, 0.1) is 22.5 Å². The molecule has 7 nitrogen and oxygen atoms in total. The van der Waals surface area contributed by atoms with Crippen molar-refractivity contribution in [2.24, 2.45) is 0 Å². The van der Waals surface area contributed by atoms with Crippen LogP contribution in [0.5, 0.6) is 0 Å². The standard InChI is InChI=1S/C13H15ClN2O5S/c1-8(2)22(20,21)15-7-11(12(17)18)16(13(15)19)10-6-4-3-5-9(10)14/h3-6,8,11H,7H2,1-2H3,(H,17,18). The Hall–Kier alpha value is -1.80. The van der Waals surface area contributed by atoms with Crippen LogP contribution < -0.4 is 4.90 Å². The topological polar surface area (TPSA) is 95.0 Å². The Kier molecular flexibility index (Phi) is 4.35. The molecule has 1 aliphatic heterocycles. The number of carboxylic acid groups (broad SMARTS) is 1. The van der Waals surface area contributed by atoms with Gasteiger partial charge in [-0.2, -0.15) is 0 Å². The van der Waals surface area contributed by atoms with Crippen molar-refractivity contribution in [2.45, 2.75) is 25.1 Å². The third-order valence-corrected chi connectivity index (χ3v) is 5.80. The molecule has 2 amide bonds. The molecule has 2 rings (SSSR count). The van der Waals surface area contributed by atoms with Crippen molar-refractivity contribution >= 4 is 39.3 Å². The zero-order valence-electron chi connectivity index (χ0n) is 11.9. The Morgan fingerprint density at radius 3 is 2.45 bits per heavy atom. The molecule has 9 heteroatoms. The Morgan fingerprint density at radius 1 is 1.36 bits per heavy atom. The lowest BCUT2D eigenvalue weighted by atomic mass is 10.2. The summed E-state index contributed by atoms with van der Waals surface area (Å²) in [5.41, 5.74) is 0.169. The first-order chi connectivity index (χ1) is 10.2. The SMILES string of the molecule is CC(C)S(=O)(=O)N1CC(C(=O)O)N(c2ccccc2Cl)C1=O. The number of carbonyl (C=O) groups excluding carboxylic acids is 1. The summed E-state index contributed by atoms with van der Waals surface area (Å²) in [7, 11) is -3.91. The van der Waals surface area contributed by atoms with Gasteiger partial charge in [0.15, 0.2) is 6.04 Å². The summed E-state index contributed by atoms with van der Waals surface area (Å²) in [4.78, 5) is 24.8. The summed E-state index contributed by atoms with van der Waals surface area (Å²) in [5, 5.41) is 8.65. The molecule has 22 heavy (non-hydrogen) atoms. The van der Waals surface area contributed by atoms with Gasteiger partial charge in [-0.25, -0.2) is 22.3 Å². The molecule has 0 aromatic heterocycles. The maximum atomic E-state index is 12.5. The largest absolute Gasteiger partial charge is 0.480 e. The lowest BCUT2D eigenvalue weighted by Crippen LogP contribution is -2.41. The molecule has 1 unspecified atom stereocenters. The number of carboxylic acids is 1. The highest BCUT2D eigenvalue weighted by Crippen LogP contribution is 2.33. The molecule has 0 aliphatic carbocycles. The molecule has 0 saturated carbocycles. The van der Waals surface area contributed by atoms with E-state index in [1.54, 1.807) is 12.1 Å². The smallest absolute Gasteiger partial charge is 0.339 e. The molecule has 1 aliphatic rings. The highest BCUT2D eigenvalue weighted by molar-refractivity contribution is 7.90. The number of anilines is 1. The summed E-state index contributed by atoms with van der Waals surface area (Å²) in [5.74, 6) is -1.30. The minimum atomic E-state index is -3.91. The number of sulfonamides is 1. The zero-order valence-corrected chi connectivity index (χ0v) is 13.5. The van der Waals surface area contributed by atoms with Crippen molar-refractivity contribution < 1.29 is 23.1 Å². The Bertz CT molecular complexity index is 719. The van der Waals surface area contributed by atoms with Crippen LogP contribution in [0.15, 0.2) is 24.3 Å². The maximum Gasteiger partial charge on any atom is 0.339 e. The number of rotatable bonds is 4. The fraction of sp³-hybridized carbons (Fsp3) is 0.385. The van der Waals surface area contributed by atoms with Gasteiger partial charge in [0.1, 0.15) is 0 Å². The van der Waals surface area contributed by atoms with Crippen LogP contribution in [0.3, 0.4) is 0 Å². The van der Waals surface area contributed by atoms with Gasteiger partial charge in [-0.3, -0.25) is 4.90 Å². The summed E-state index contributed by atoms with van der Waals surface area (Å²) < 4.78 is 25.0. The molecule has 1 atom stereocenters. The summed E-state index contributed by atoms with van der Waals surface area (Å²) in [6, 6.07) is 3.97. The minimum Gasteiger partial charge on any atom is -0.480 e. The highest BCUT2D eigenvalue weighted by Gasteiger charge is 2.48. The number of halogens is 1. The van der Waals surface area contributed by atoms with Crippen molar-refractivity contribution in [1.82, 2.24) is 4.31 Å². The van der Waals surface area contributed by atoms with Gasteiger partial charge in [-0.05, 0) is 26.0 Å². The predicted molar refractivity (Wildman–Crippen MR) is 81.5 cm³/mol. The Morgan fingerprint density at radius 2 is 1.95 bits per heavy atom. The van der Waals surface area contributed by atoms with Crippen molar-refractivity contribution in [3.8, 4) is 0 Å². The molecule has 1 saturated heterocycles. The average molecular weight is 347 g/mol. The minimum absolute atomic E-state index is 0.169. The third-order valence-electron chi connectivity index (χ3n) is 3.37. The fourth-order valence-electron chi connectivity index (χ4n) is 2.14. The van der Waals surface area contributed by atoms with Crippen LogP contribution in [0.4, 0.5) is 10.5 Å². The molecule has 1 aromatic rings. The average Bonchev–Trinajstić information content (AvgIpc) is 2.77. The van der Waals surface area contributed by atoms with Gasteiger partial charge in [0.2, 0.25) is 10.0 Å². The number of nitrogens with zero attached hydrogens (tertiary/aromatic N) is 2. The zero-order chi connectivity index (χ0) is 16.7. The van der Waals surface area contributed by atoms with E-state index in [1.807, 2.05) is 0 Å². The van der Waals surface area contributed by atoms with E-state index in [0.29, 0.717) is 4.31 Å². The van der Waals surface area contributed by atoms with Gasteiger partial charge in [-0.1, -0.05) is 23.7 Å². The van der Waals surface area contributed by atoms with Crippen LogP contribution in [0, 0.1) is 0 Å². The summed E-state index contributed by atoms with van der Waals surface area (Å²) >= 11 is 6.01. The lowest BCUT2D eigenvalue weighted by Gasteiger charge is -2.22. The number of aliphatic carboxylic acids is 1. The highest BCUT2D eigenvalue weighted by atomic mass is 35.5. The second kappa shape index (κ2) is 5.77. The molecule has 1 N–H and O–H groups in total. The number of hydrogen-bond donors (Lipinski definition) is 1. The van der Waals surface area contributed by atoms with E-state index in [0.717, 1.165) is 4.90 Å². The number of amides is 2. The number of carbonyl (C=O) groups is 2. The van der Waals surface area contributed by atoms with E-state index in [-0.39, 0.29) is 10.7 Å². The van der Waals surface area contributed by atoms with E-state index in [4.69, 9.17) is 11.6 Å². The maximum absolute atomic E-state index is 12.5. The van der Waals surface area contributed by atoms with Crippen LogP contribution >= 0.6 is 11.6 Å². The molecule has 1 aromatic carbocycles. The second-order valence-electron chi connectivity index (χ2n) is 5.08. The number of benzene rings is 1. The van der Waals surface area contributed by atoms with Gasteiger partial charge >= 0.3 is 12.0 Å². The quantitative estimate of drug-likeness (QED) is 0.896. The monoisotopic (exact) mass is 346 g/mol. The van der Waals surface area contributed by atoms with Gasteiger partial charge in [0.25, 0.3) is 0 Å². The molecular formula is C13H15ClN2O5S. The number of urea groups is 1. The summed E-state index contributed by atoms with van der Waals surface area (Å²) in [6.45, 7) is 2.41. The van der Waals surface area contributed by atoms with E-state index in [2.05, 4.69) is 0 Å². The van der Waals surface area contributed by atoms with E-state index in [9.17, 15) is 23.1 Å². The number of para-hydroxylation sites is 1. The molecule has 120 valence electrons. The van der Waals surface area contributed by atoms with E-state index in [1.165, 1.54) is 26.0 Å². The first-order valence-corrected chi connectivity index (χ1v) is 8.38. The van der Waals surface area contributed by atoms with Crippen molar-refractivity contribution in [2.75, 3.05) is 11.4 Å². The van der Waals surface area contributed by atoms with Gasteiger partial charge in [-0.15, -0.1) is 0 Å². The van der Waals surface area contributed by atoms with Crippen LogP contribution in [-0.4, -0.2) is 47.7 Å². The Labute approximate surface area is 133 Å². The fourth-order valence-corrected chi connectivity index (χ4v) is 3.53. The Balaban J connectivity index is 2.52. The molecule has 1 fully saturated rings. The van der Waals surface area contributed by atoms with Crippen LogP contribution in [0.25, 0.3) is 0 Å². The van der Waals surface area contributed by atoms with E-state index >= 15 is 0 Å².